The van der Waals surface area contributed by atoms with E-state index in [-0.39, 0.29) is 37.6 Å². The molecule has 148 valence electrons. The van der Waals surface area contributed by atoms with Crippen LogP contribution in [0.2, 0.25) is 0 Å². The summed E-state index contributed by atoms with van der Waals surface area (Å²) in [6, 6.07) is 3.88. The highest BCUT2D eigenvalue weighted by Gasteiger charge is 2.39. The molecule has 1 saturated heterocycles. The van der Waals surface area contributed by atoms with E-state index in [9.17, 15) is 24.0 Å². The maximum Gasteiger partial charge on any atom is 0.305 e. The Morgan fingerprint density at radius 2 is 2.00 bits per heavy atom. The number of aliphatic carboxylic acids is 1. The largest absolute Gasteiger partial charge is 0.481 e. The molecule has 1 aromatic rings. The Labute approximate surface area is 161 Å². The zero-order valence-corrected chi connectivity index (χ0v) is 15.6. The molecule has 0 saturated carbocycles. The highest BCUT2D eigenvalue weighted by Crippen LogP contribution is 2.28. The molecule has 9 nitrogen and oxygen atoms in total. The van der Waals surface area contributed by atoms with Crippen LogP contribution in [0.4, 0.5) is 0 Å². The molecule has 1 aromatic carbocycles. The van der Waals surface area contributed by atoms with Gasteiger partial charge >= 0.3 is 5.97 Å². The third-order valence-corrected chi connectivity index (χ3v) is 4.83. The smallest absolute Gasteiger partial charge is 0.305 e. The van der Waals surface area contributed by atoms with Crippen LogP contribution in [0.3, 0.4) is 0 Å². The number of fused-ring (bicyclic) bond motifs is 1. The minimum absolute atomic E-state index is 0.167. The minimum Gasteiger partial charge on any atom is -0.481 e. The van der Waals surface area contributed by atoms with Crippen molar-refractivity contribution in [1.29, 1.82) is 0 Å². The maximum atomic E-state index is 12.6. The summed E-state index contributed by atoms with van der Waals surface area (Å²) in [5.74, 6) is -2.63. The van der Waals surface area contributed by atoms with Crippen LogP contribution in [0.25, 0.3) is 0 Å². The number of imide groups is 1. The van der Waals surface area contributed by atoms with Gasteiger partial charge in [-0.3, -0.25) is 29.3 Å². The molecule has 3 rings (SSSR count). The van der Waals surface area contributed by atoms with Gasteiger partial charge in [-0.1, -0.05) is 0 Å². The van der Waals surface area contributed by atoms with E-state index in [2.05, 4.69) is 10.6 Å². The van der Waals surface area contributed by atoms with Crippen molar-refractivity contribution in [2.24, 2.45) is 0 Å². The summed E-state index contributed by atoms with van der Waals surface area (Å²) in [6.07, 6.45) is 0.204. The number of nitrogens with zero attached hydrogens (tertiary/aromatic N) is 1. The van der Waals surface area contributed by atoms with E-state index in [1.54, 1.807) is 19.9 Å². The number of hydrogen-bond donors (Lipinski definition) is 3. The Balaban J connectivity index is 1.76. The van der Waals surface area contributed by atoms with E-state index in [1.165, 1.54) is 17.0 Å². The van der Waals surface area contributed by atoms with Crippen molar-refractivity contribution in [2.75, 3.05) is 0 Å². The molecule has 9 heteroatoms. The van der Waals surface area contributed by atoms with Crippen molar-refractivity contribution in [3.63, 3.8) is 0 Å². The average Bonchev–Trinajstić information content (AvgIpc) is 2.89. The Hall–Kier alpha value is -3.23. The first kappa shape index (κ1) is 19.5. The van der Waals surface area contributed by atoms with Crippen LogP contribution in [0, 0.1) is 0 Å². The van der Waals surface area contributed by atoms with Gasteiger partial charge < -0.3 is 15.3 Å². The minimum atomic E-state index is -1.02. The predicted octanol–water partition coefficient (Wildman–Crippen LogP) is 0.431. The van der Waals surface area contributed by atoms with Crippen LogP contribution in [0.1, 0.15) is 59.4 Å². The van der Waals surface area contributed by atoms with Crippen LogP contribution in [-0.4, -0.2) is 51.2 Å². The van der Waals surface area contributed by atoms with E-state index in [0.717, 1.165) is 0 Å². The van der Waals surface area contributed by atoms with Crippen LogP contribution in [0.5, 0.6) is 0 Å². The van der Waals surface area contributed by atoms with Gasteiger partial charge in [0.2, 0.25) is 11.8 Å². The Bertz CT molecular complexity index is 892. The fourth-order valence-corrected chi connectivity index (χ4v) is 3.52. The lowest BCUT2D eigenvalue weighted by atomic mass is 9.99. The number of rotatable bonds is 5. The number of carbonyl (C=O) groups excluding carboxylic acids is 4. The molecule has 0 radical (unpaired) electrons. The summed E-state index contributed by atoms with van der Waals surface area (Å²) >= 11 is 0. The van der Waals surface area contributed by atoms with E-state index >= 15 is 0 Å². The zero-order valence-electron chi connectivity index (χ0n) is 15.6. The fourth-order valence-electron chi connectivity index (χ4n) is 3.52. The highest BCUT2D eigenvalue weighted by atomic mass is 16.4. The Kier molecular flexibility index (Phi) is 4.93. The molecule has 1 atom stereocenters. The van der Waals surface area contributed by atoms with Crippen molar-refractivity contribution in [2.45, 2.75) is 51.2 Å². The molecule has 3 N–H and O–H groups in total. The number of hydrogen-bond acceptors (Lipinski definition) is 5. The maximum absolute atomic E-state index is 12.6. The molecule has 4 amide bonds. The molecular weight excluding hydrogens is 366 g/mol. The number of carboxylic acid groups (broad SMARTS) is 1. The molecular formula is C19H21N3O6. The zero-order chi connectivity index (χ0) is 20.6. The summed E-state index contributed by atoms with van der Waals surface area (Å²) in [5.41, 5.74) is 0.385. The van der Waals surface area contributed by atoms with Gasteiger partial charge in [-0.2, -0.15) is 0 Å². The summed E-state index contributed by atoms with van der Waals surface area (Å²) < 4.78 is 0. The molecule has 28 heavy (non-hydrogen) atoms. The second-order valence-electron chi connectivity index (χ2n) is 7.68. The lowest BCUT2D eigenvalue weighted by molar-refractivity contribution is -0.139. The van der Waals surface area contributed by atoms with E-state index < -0.39 is 29.4 Å². The standard InChI is InChI=1S/C19H21N3O6/c1-19(2,8-15(24)25)21-16(26)10-3-4-12-11(7-10)9-22(18(12)28)13-5-6-14(23)20-17(13)27/h3-4,7,13H,5-6,8-9H2,1-2H3,(H,21,26)(H,24,25)(H,20,23,27). The molecule has 2 aliphatic rings. The van der Waals surface area contributed by atoms with Gasteiger partial charge in [-0.15, -0.1) is 0 Å². The number of nitrogens with one attached hydrogen (secondary N) is 2. The molecule has 0 aromatic heterocycles. The molecule has 1 unspecified atom stereocenters. The summed E-state index contributed by atoms with van der Waals surface area (Å²) in [7, 11) is 0. The van der Waals surface area contributed by atoms with Crippen molar-refractivity contribution in [3.05, 3.63) is 34.9 Å². The third-order valence-electron chi connectivity index (χ3n) is 4.83. The summed E-state index contributed by atoms with van der Waals surface area (Å²) in [6.45, 7) is 3.39. The second kappa shape index (κ2) is 7.06. The van der Waals surface area contributed by atoms with Crippen molar-refractivity contribution in [1.82, 2.24) is 15.5 Å². The van der Waals surface area contributed by atoms with Crippen LogP contribution < -0.4 is 10.6 Å². The quantitative estimate of drug-likeness (QED) is 0.628. The molecule has 2 aliphatic heterocycles. The van der Waals surface area contributed by atoms with Crippen molar-refractivity contribution in [3.8, 4) is 0 Å². The lowest BCUT2D eigenvalue weighted by Gasteiger charge is -2.29. The number of carbonyl (C=O) groups is 5. The second-order valence-corrected chi connectivity index (χ2v) is 7.68. The van der Waals surface area contributed by atoms with E-state index in [0.29, 0.717) is 16.7 Å². The SMILES string of the molecule is CC(C)(CC(=O)O)NC(=O)c1ccc2c(c1)CN(C1CCC(=O)NC1=O)C2=O. The highest BCUT2D eigenvalue weighted by molar-refractivity contribution is 6.06. The summed E-state index contributed by atoms with van der Waals surface area (Å²) in [5, 5.41) is 13.8. The number of amides is 4. The number of benzene rings is 1. The molecule has 1 fully saturated rings. The molecule has 0 bridgehead atoms. The Morgan fingerprint density at radius 3 is 2.64 bits per heavy atom. The molecule has 2 heterocycles. The van der Waals surface area contributed by atoms with Crippen molar-refractivity contribution < 1.29 is 29.1 Å². The van der Waals surface area contributed by atoms with Crippen LogP contribution in [-0.2, 0) is 20.9 Å². The molecule has 0 aliphatic carbocycles. The first-order valence-electron chi connectivity index (χ1n) is 8.89. The van der Waals surface area contributed by atoms with Gasteiger partial charge in [-0.05, 0) is 44.0 Å². The number of carboxylic acids is 1. The fraction of sp³-hybridized carbons (Fsp3) is 0.421. The molecule has 0 spiro atoms. The Morgan fingerprint density at radius 1 is 1.29 bits per heavy atom. The van der Waals surface area contributed by atoms with Crippen molar-refractivity contribution >= 4 is 29.6 Å². The van der Waals surface area contributed by atoms with Crippen LogP contribution in [0.15, 0.2) is 18.2 Å². The van der Waals surface area contributed by atoms with Gasteiger partial charge in [0, 0.05) is 29.6 Å². The number of piperidine rings is 1. The monoisotopic (exact) mass is 387 g/mol. The van der Waals surface area contributed by atoms with Gasteiger partial charge in [0.25, 0.3) is 11.8 Å². The normalized spacial score (nSPS) is 19.3. The first-order chi connectivity index (χ1) is 13.1. The topological polar surface area (TPSA) is 133 Å². The van der Waals surface area contributed by atoms with Gasteiger partial charge in [-0.25, -0.2) is 0 Å². The van der Waals surface area contributed by atoms with E-state index in [4.69, 9.17) is 5.11 Å². The lowest BCUT2D eigenvalue weighted by Crippen LogP contribution is -2.52. The van der Waals surface area contributed by atoms with Gasteiger partial charge in [0.1, 0.15) is 6.04 Å². The third kappa shape index (κ3) is 3.88. The summed E-state index contributed by atoms with van der Waals surface area (Å²) in [4.78, 5) is 60.8. The van der Waals surface area contributed by atoms with Crippen LogP contribution >= 0.6 is 0 Å². The van der Waals surface area contributed by atoms with Gasteiger partial charge in [0.05, 0.1) is 6.42 Å². The first-order valence-corrected chi connectivity index (χ1v) is 8.89. The van der Waals surface area contributed by atoms with Gasteiger partial charge in [0.15, 0.2) is 0 Å². The van der Waals surface area contributed by atoms with E-state index in [1.807, 2.05) is 0 Å². The predicted molar refractivity (Wildman–Crippen MR) is 96.3 cm³/mol. The average molecular weight is 387 g/mol.